The molecule has 6 heteroatoms. The Hall–Kier alpha value is -5.36. The first-order valence-corrected chi connectivity index (χ1v) is 14.9. The van der Waals surface area contributed by atoms with E-state index in [0.29, 0.717) is 11.6 Å². The molecule has 6 nitrogen and oxygen atoms in total. The van der Waals surface area contributed by atoms with Crippen LogP contribution < -0.4 is 0 Å². The lowest BCUT2D eigenvalue weighted by atomic mass is 9.79. The lowest BCUT2D eigenvalue weighted by Crippen LogP contribution is -2.15. The molecule has 44 heavy (non-hydrogen) atoms. The van der Waals surface area contributed by atoms with Gasteiger partial charge >= 0.3 is 0 Å². The van der Waals surface area contributed by atoms with E-state index >= 15 is 0 Å². The Bertz CT molecular complexity index is 2160. The van der Waals surface area contributed by atoms with Crippen molar-refractivity contribution in [1.29, 1.82) is 0 Å². The summed E-state index contributed by atoms with van der Waals surface area (Å²) >= 11 is 0. The Kier molecular flexibility index (Phi) is 4.92. The molecule has 2 aliphatic rings. The molecule has 4 aromatic heterocycles. The van der Waals surface area contributed by atoms with Crippen molar-refractivity contribution in [2.45, 2.75) is 38.5 Å². The number of benzene rings is 3. The van der Waals surface area contributed by atoms with Crippen LogP contribution in [0.1, 0.15) is 49.9 Å². The van der Waals surface area contributed by atoms with Crippen LogP contribution in [-0.2, 0) is 10.8 Å². The van der Waals surface area contributed by atoms with Crippen molar-refractivity contribution in [2.24, 2.45) is 0 Å². The van der Waals surface area contributed by atoms with Crippen molar-refractivity contribution >= 4 is 21.5 Å². The minimum atomic E-state index is -0.217. The molecular weight excluding hydrogens is 540 g/mol. The zero-order chi connectivity index (χ0) is 29.8. The second kappa shape index (κ2) is 8.60. The third-order valence-corrected chi connectivity index (χ3v) is 9.79. The third-order valence-electron chi connectivity index (χ3n) is 9.79. The average molecular weight is 569 g/mol. The van der Waals surface area contributed by atoms with Crippen LogP contribution in [0.15, 0.2) is 97.8 Å². The van der Waals surface area contributed by atoms with Gasteiger partial charge in [0.1, 0.15) is 0 Å². The van der Waals surface area contributed by atoms with E-state index in [-0.39, 0.29) is 10.8 Å². The van der Waals surface area contributed by atoms with E-state index in [4.69, 9.17) is 29.9 Å². The third kappa shape index (κ3) is 3.20. The van der Waals surface area contributed by atoms with Gasteiger partial charge in [0.2, 0.25) is 0 Å². The van der Waals surface area contributed by atoms with Crippen molar-refractivity contribution in [2.75, 3.05) is 0 Å². The van der Waals surface area contributed by atoms with Gasteiger partial charge in [0.05, 0.1) is 11.4 Å². The molecule has 4 heterocycles. The predicted octanol–water partition coefficient (Wildman–Crippen LogP) is 8.31. The van der Waals surface area contributed by atoms with Crippen LogP contribution in [-0.4, -0.2) is 29.9 Å². The van der Waals surface area contributed by atoms with Gasteiger partial charge in [0.15, 0.2) is 11.6 Å². The average Bonchev–Trinajstić information content (AvgIpc) is 3.41. The molecule has 0 aliphatic heterocycles. The van der Waals surface area contributed by atoms with Crippen molar-refractivity contribution < 1.29 is 0 Å². The molecule has 3 aromatic carbocycles. The molecule has 210 valence electrons. The fourth-order valence-electron chi connectivity index (χ4n) is 7.62. The van der Waals surface area contributed by atoms with Crippen molar-refractivity contribution in [3.05, 3.63) is 120 Å². The van der Waals surface area contributed by atoms with Crippen LogP contribution in [0.3, 0.4) is 0 Å². The highest BCUT2D eigenvalue weighted by Gasteiger charge is 2.39. The molecular formula is C38H28N6. The largest absolute Gasteiger partial charge is 0.256 e. The second-order valence-electron chi connectivity index (χ2n) is 12.8. The fraction of sp³-hybridized carbons (Fsp3) is 0.158. The Labute approximate surface area is 255 Å². The van der Waals surface area contributed by atoms with Gasteiger partial charge in [-0.2, -0.15) is 0 Å². The standard InChI is InChI=1S/C38H28N6/c1-37(2)27-9-5-11-39-33(27)25-17-21-23(19-29(25)37)31(35-41-13-7-14-42-35)22-18-26-30(38(3,4)28-10-6-12-40-34(26)28)20-24(22)32(21)36-43-15-8-16-44-36/h5-20H,1-4H3. The first-order chi connectivity index (χ1) is 21.4. The predicted molar refractivity (Wildman–Crippen MR) is 174 cm³/mol. The maximum absolute atomic E-state index is 4.87. The maximum atomic E-state index is 4.87. The maximum Gasteiger partial charge on any atom is 0.160 e. The highest BCUT2D eigenvalue weighted by molar-refractivity contribution is 6.22. The minimum absolute atomic E-state index is 0.217. The van der Waals surface area contributed by atoms with Crippen LogP contribution in [0.4, 0.5) is 0 Å². The molecule has 2 aliphatic carbocycles. The van der Waals surface area contributed by atoms with Gasteiger partial charge in [-0.1, -0.05) is 39.8 Å². The van der Waals surface area contributed by atoms with Crippen molar-refractivity contribution in [3.63, 3.8) is 0 Å². The normalized spacial score (nSPS) is 15.2. The summed E-state index contributed by atoms with van der Waals surface area (Å²) in [5.74, 6) is 1.38. The summed E-state index contributed by atoms with van der Waals surface area (Å²) in [5.41, 5.74) is 10.9. The monoisotopic (exact) mass is 568 g/mol. The first-order valence-electron chi connectivity index (χ1n) is 14.9. The van der Waals surface area contributed by atoms with Crippen molar-refractivity contribution in [3.8, 4) is 45.3 Å². The summed E-state index contributed by atoms with van der Waals surface area (Å²) in [7, 11) is 0. The zero-order valence-corrected chi connectivity index (χ0v) is 24.9. The van der Waals surface area contributed by atoms with Gasteiger partial charge in [-0.25, -0.2) is 19.9 Å². The molecule has 0 bridgehead atoms. The smallest absolute Gasteiger partial charge is 0.160 e. The van der Waals surface area contributed by atoms with E-state index in [1.807, 2.05) is 61.4 Å². The van der Waals surface area contributed by atoms with Crippen molar-refractivity contribution in [1.82, 2.24) is 29.9 Å². The number of hydrogen-bond donors (Lipinski definition) is 0. The summed E-state index contributed by atoms with van der Waals surface area (Å²) in [6.45, 7) is 9.13. The first kappa shape index (κ1) is 25.2. The van der Waals surface area contributed by atoms with Crippen LogP contribution >= 0.6 is 0 Å². The Balaban J connectivity index is 1.52. The van der Waals surface area contributed by atoms with Gasteiger partial charge in [0, 0.05) is 70.3 Å². The van der Waals surface area contributed by atoms with E-state index in [1.165, 1.54) is 22.3 Å². The van der Waals surface area contributed by atoms with Crippen LogP contribution in [0.2, 0.25) is 0 Å². The Morgan fingerprint density at radius 1 is 0.409 bits per heavy atom. The highest BCUT2D eigenvalue weighted by Crippen LogP contribution is 2.54. The summed E-state index contributed by atoms with van der Waals surface area (Å²) < 4.78 is 0. The summed E-state index contributed by atoms with van der Waals surface area (Å²) in [4.78, 5) is 29.0. The van der Waals surface area contributed by atoms with Gasteiger partial charge in [0.25, 0.3) is 0 Å². The van der Waals surface area contributed by atoms with Gasteiger partial charge < -0.3 is 0 Å². The molecule has 0 radical (unpaired) electrons. The van der Waals surface area contributed by atoms with E-state index in [2.05, 4.69) is 64.1 Å². The van der Waals surface area contributed by atoms with E-state index < -0.39 is 0 Å². The minimum Gasteiger partial charge on any atom is -0.256 e. The number of rotatable bonds is 2. The fourth-order valence-corrected chi connectivity index (χ4v) is 7.62. The summed E-state index contributed by atoms with van der Waals surface area (Å²) in [5, 5.41) is 4.27. The van der Waals surface area contributed by atoms with Crippen LogP contribution in [0.25, 0.3) is 66.8 Å². The highest BCUT2D eigenvalue weighted by atomic mass is 14.9. The zero-order valence-electron chi connectivity index (χ0n) is 24.9. The molecule has 9 rings (SSSR count). The van der Waals surface area contributed by atoms with Crippen LogP contribution in [0.5, 0.6) is 0 Å². The summed E-state index contributed by atoms with van der Waals surface area (Å²) in [6.07, 6.45) is 11.0. The Morgan fingerprint density at radius 3 is 1.18 bits per heavy atom. The van der Waals surface area contributed by atoms with Gasteiger partial charge in [-0.05, 0) is 92.3 Å². The number of fused-ring (bicyclic) bond motifs is 8. The van der Waals surface area contributed by atoms with Gasteiger partial charge in [-0.15, -0.1) is 0 Å². The molecule has 0 saturated carbocycles. The molecule has 0 spiro atoms. The number of aromatic nitrogens is 6. The van der Waals surface area contributed by atoms with E-state index in [0.717, 1.165) is 55.2 Å². The molecule has 0 saturated heterocycles. The second-order valence-corrected chi connectivity index (χ2v) is 12.8. The van der Waals surface area contributed by atoms with E-state index in [9.17, 15) is 0 Å². The molecule has 7 aromatic rings. The quantitative estimate of drug-likeness (QED) is 0.195. The summed E-state index contributed by atoms with van der Waals surface area (Å²) in [6, 6.07) is 21.5. The topological polar surface area (TPSA) is 77.3 Å². The van der Waals surface area contributed by atoms with Gasteiger partial charge in [-0.3, -0.25) is 9.97 Å². The molecule has 0 atom stereocenters. The molecule has 0 fully saturated rings. The lowest BCUT2D eigenvalue weighted by molar-refractivity contribution is 0.659. The molecule has 0 N–H and O–H groups in total. The molecule has 0 unspecified atom stereocenters. The SMILES string of the molecule is CC1(C)c2cc3c(-c4ncccn4)c4cc5c(cc4c(-c4ncccn4)c3cc2-c2ncccc21)C(C)(C)c1cccnc1-5. The number of hydrogen-bond acceptors (Lipinski definition) is 6. The van der Waals surface area contributed by atoms with E-state index in [1.54, 1.807) is 0 Å². The lowest BCUT2D eigenvalue weighted by Gasteiger charge is -2.24. The number of pyridine rings is 2. The molecule has 0 amide bonds. The number of nitrogens with zero attached hydrogens (tertiary/aromatic N) is 6. The Morgan fingerprint density at radius 2 is 0.773 bits per heavy atom. The van der Waals surface area contributed by atoms with Crippen LogP contribution in [0, 0.1) is 0 Å².